The molecule has 2 aliphatic rings. The van der Waals surface area contributed by atoms with E-state index in [9.17, 15) is 19.6 Å². The Kier molecular flexibility index (Phi) is 6.17. The molecule has 2 heterocycles. The van der Waals surface area contributed by atoms with E-state index in [1.807, 2.05) is 6.92 Å². The molecule has 154 valence electrons. The Hall–Kier alpha value is -2.22. The van der Waals surface area contributed by atoms with Crippen molar-refractivity contribution in [2.45, 2.75) is 64.8 Å². The molecular weight excluding hydrogens is 362 g/mol. The van der Waals surface area contributed by atoms with Gasteiger partial charge >= 0.3 is 0 Å². The lowest BCUT2D eigenvalue weighted by atomic mass is 9.97. The molecule has 1 saturated heterocycles. The molecule has 2 fully saturated rings. The Morgan fingerprint density at radius 2 is 2.25 bits per heavy atom. The summed E-state index contributed by atoms with van der Waals surface area (Å²) in [6.45, 7) is 4.33. The van der Waals surface area contributed by atoms with Crippen LogP contribution in [-0.2, 0) is 20.8 Å². The molecular formula is C20H29N3O5. The van der Waals surface area contributed by atoms with E-state index >= 15 is 0 Å². The molecule has 0 radical (unpaired) electrons. The van der Waals surface area contributed by atoms with Gasteiger partial charge < -0.3 is 9.42 Å². The second-order valence-corrected chi connectivity index (χ2v) is 8.32. The van der Waals surface area contributed by atoms with Crippen LogP contribution in [0.25, 0.3) is 0 Å². The van der Waals surface area contributed by atoms with Crippen LogP contribution in [0.5, 0.6) is 0 Å². The number of Topliss-reactive ketones (excluding diaryl/α,β-unsaturated/α-hetero) is 1. The quantitative estimate of drug-likeness (QED) is 0.372. The van der Waals surface area contributed by atoms with Gasteiger partial charge in [0.05, 0.1) is 30.6 Å². The first-order valence-electron chi connectivity index (χ1n) is 10.0. The van der Waals surface area contributed by atoms with E-state index in [-0.39, 0.29) is 30.1 Å². The van der Waals surface area contributed by atoms with E-state index in [2.05, 4.69) is 5.16 Å². The highest BCUT2D eigenvalue weighted by Crippen LogP contribution is 2.55. The maximum absolute atomic E-state index is 13.3. The molecule has 28 heavy (non-hydrogen) atoms. The summed E-state index contributed by atoms with van der Waals surface area (Å²) in [5, 5.41) is 14.0. The number of aryl methyl sites for hydroxylation is 1. The van der Waals surface area contributed by atoms with Crippen LogP contribution in [0.4, 0.5) is 0 Å². The van der Waals surface area contributed by atoms with Gasteiger partial charge in [-0.25, -0.2) is 5.06 Å². The molecule has 1 spiro atoms. The molecule has 8 heteroatoms. The summed E-state index contributed by atoms with van der Waals surface area (Å²) in [7, 11) is 0. The zero-order chi connectivity index (χ0) is 20.3. The van der Waals surface area contributed by atoms with Crippen molar-refractivity contribution < 1.29 is 24.1 Å². The summed E-state index contributed by atoms with van der Waals surface area (Å²) in [6.07, 6.45) is 5.51. The Morgan fingerprint density at radius 3 is 2.82 bits per heavy atom. The van der Waals surface area contributed by atoms with Crippen molar-refractivity contribution in [3.05, 3.63) is 17.5 Å². The predicted molar refractivity (Wildman–Crippen MR) is 99.3 cm³/mol. The molecule has 1 N–H and O–H groups in total. The Labute approximate surface area is 164 Å². The van der Waals surface area contributed by atoms with Crippen LogP contribution in [0.3, 0.4) is 0 Å². The van der Waals surface area contributed by atoms with Gasteiger partial charge in [0.2, 0.25) is 12.3 Å². The molecule has 3 rings (SSSR count). The number of aromatic nitrogens is 1. The van der Waals surface area contributed by atoms with E-state index in [0.717, 1.165) is 25.7 Å². The van der Waals surface area contributed by atoms with Crippen LogP contribution in [0.1, 0.15) is 56.9 Å². The van der Waals surface area contributed by atoms with Gasteiger partial charge in [0.15, 0.2) is 5.78 Å². The fourth-order valence-corrected chi connectivity index (χ4v) is 4.16. The maximum atomic E-state index is 13.3. The van der Waals surface area contributed by atoms with Crippen molar-refractivity contribution >= 4 is 18.1 Å². The molecule has 8 nitrogen and oxygen atoms in total. The molecule has 2 atom stereocenters. The zero-order valence-electron chi connectivity index (χ0n) is 16.6. The molecule has 0 bridgehead atoms. The molecule has 1 saturated carbocycles. The second kappa shape index (κ2) is 8.43. The van der Waals surface area contributed by atoms with Gasteiger partial charge in [-0.05, 0) is 38.0 Å². The van der Waals surface area contributed by atoms with Crippen LogP contribution in [0.15, 0.2) is 10.6 Å². The lowest BCUT2D eigenvalue weighted by Crippen LogP contribution is -2.46. The first-order valence-corrected chi connectivity index (χ1v) is 10.0. The molecule has 1 aliphatic carbocycles. The topological polar surface area (TPSA) is 104 Å². The van der Waals surface area contributed by atoms with Gasteiger partial charge in [-0.3, -0.25) is 19.6 Å². The molecule has 1 aromatic heterocycles. The number of hydroxylamine groups is 2. The van der Waals surface area contributed by atoms with Gasteiger partial charge in [0, 0.05) is 12.6 Å². The second-order valence-electron chi connectivity index (χ2n) is 8.32. The van der Waals surface area contributed by atoms with Crippen LogP contribution in [0, 0.1) is 18.3 Å². The monoisotopic (exact) mass is 391 g/mol. The van der Waals surface area contributed by atoms with E-state index in [0.29, 0.717) is 42.3 Å². The molecule has 0 aromatic carbocycles. The standard InChI is InChI=1S/C20H29N3O5/c1-3-4-5-15(11-22(27)13-24)19(26)23-12-20(6-7-20)10-17(23)18(25)9-16-8-14(2)28-21-16/h8,13,15,17,27H,3-7,9-12H2,1-2H3/t15-,17+/m1/s1. The number of carbonyl (C=O) groups is 3. The van der Waals surface area contributed by atoms with Crippen molar-refractivity contribution in [2.24, 2.45) is 11.3 Å². The number of likely N-dealkylation sites (tertiary alicyclic amines) is 1. The number of unbranched alkanes of at least 4 members (excludes halogenated alkanes) is 1. The van der Waals surface area contributed by atoms with Crippen molar-refractivity contribution in [1.29, 1.82) is 0 Å². The summed E-state index contributed by atoms with van der Waals surface area (Å²) in [4.78, 5) is 38.8. The van der Waals surface area contributed by atoms with Gasteiger partial charge in [-0.15, -0.1) is 0 Å². The van der Waals surface area contributed by atoms with Crippen molar-refractivity contribution in [3.63, 3.8) is 0 Å². The van der Waals surface area contributed by atoms with Crippen LogP contribution in [0.2, 0.25) is 0 Å². The summed E-state index contributed by atoms with van der Waals surface area (Å²) in [5.41, 5.74) is 0.644. The number of ketones is 1. The zero-order valence-corrected chi connectivity index (χ0v) is 16.6. The fourth-order valence-electron chi connectivity index (χ4n) is 4.16. The lowest BCUT2D eigenvalue weighted by Gasteiger charge is -2.29. The normalized spacial score (nSPS) is 21.0. The third-order valence-corrected chi connectivity index (χ3v) is 5.94. The molecule has 0 unspecified atom stereocenters. The minimum absolute atomic E-state index is 0.0316. The highest BCUT2D eigenvalue weighted by Gasteiger charge is 2.55. The number of hydrogen-bond donors (Lipinski definition) is 1. The third-order valence-electron chi connectivity index (χ3n) is 5.94. The minimum Gasteiger partial charge on any atom is -0.361 e. The SMILES string of the molecule is CCCC[C@H](CN(O)C=O)C(=O)N1CC2(CC2)C[C@H]1C(=O)Cc1cc(C)on1. The largest absolute Gasteiger partial charge is 0.361 e. The lowest BCUT2D eigenvalue weighted by molar-refractivity contribution is -0.158. The maximum Gasteiger partial charge on any atom is 0.233 e. The van der Waals surface area contributed by atoms with Gasteiger partial charge in [0.1, 0.15) is 5.76 Å². The summed E-state index contributed by atoms with van der Waals surface area (Å²) in [6, 6.07) is 1.27. The summed E-state index contributed by atoms with van der Waals surface area (Å²) >= 11 is 0. The van der Waals surface area contributed by atoms with Crippen molar-refractivity contribution in [3.8, 4) is 0 Å². The number of amides is 2. The average Bonchev–Trinajstić information content (AvgIpc) is 3.12. The molecule has 1 aliphatic heterocycles. The number of carbonyl (C=O) groups excluding carboxylic acids is 3. The number of hydrogen-bond acceptors (Lipinski definition) is 6. The smallest absolute Gasteiger partial charge is 0.233 e. The number of rotatable bonds is 10. The van der Waals surface area contributed by atoms with Gasteiger partial charge in [-0.1, -0.05) is 24.9 Å². The van der Waals surface area contributed by atoms with Crippen molar-refractivity contribution in [1.82, 2.24) is 15.1 Å². The first-order chi connectivity index (χ1) is 13.4. The van der Waals surface area contributed by atoms with Crippen LogP contribution >= 0.6 is 0 Å². The average molecular weight is 391 g/mol. The highest BCUT2D eigenvalue weighted by atomic mass is 16.5. The molecule has 2 amide bonds. The third kappa shape index (κ3) is 4.60. The minimum atomic E-state index is -0.506. The number of nitrogens with zero attached hydrogens (tertiary/aromatic N) is 3. The molecule has 1 aromatic rings. The summed E-state index contributed by atoms with van der Waals surface area (Å²) in [5.74, 6) is -0.0327. The predicted octanol–water partition coefficient (Wildman–Crippen LogP) is 2.13. The highest BCUT2D eigenvalue weighted by molar-refractivity contribution is 5.92. The van der Waals surface area contributed by atoms with E-state index < -0.39 is 12.0 Å². The van der Waals surface area contributed by atoms with E-state index in [1.165, 1.54) is 0 Å². The van der Waals surface area contributed by atoms with Gasteiger partial charge in [0.25, 0.3) is 0 Å². The van der Waals surface area contributed by atoms with Crippen LogP contribution < -0.4 is 0 Å². The van der Waals surface area contributed by atoms with Crippen molar-refractivity contribution in [2.75, 3.05) is 13.1 Å². The van der Waals surface area contributed by atoms with E-state index in [4.69, 9.17) is 4.52 Å². The summed E-state index contributed by atoms with van der Waals surface area (Å²) < 4.78 is 5.05. The van der Waals surface area contributed by atoms with Crippen LogP contribution in [-0.4, -0.2) is 57.6 Å². The Balaban J connectivity index is 1.74. The fraction of sp³-hybridized carbons (Fsp3) is 0.700. The Morgan fingerprint density at radius 1 is 1.50 bits per heavy atom. The Bertz CT molecular complexity index is 727. The van der Waals surface area contributed by atoms with E-state index in [1.54, 1.807) is 17.9 Å². The first kappa shape index (κ1) is 20.5. The van der Waals surface area contributed by atoms with Gasteiger partial charge in [-0.2, -0.15) is 0 Å².